The summed E-state index contributed by atoms with van der Waals surface area (Å²) in [6.45, 7) is 2.02. The van der Waals surface area contributed by atoms with Crippen LogP contribution in [0.3, 0.4) is 0 Å². The molecule has 0 amide bonds. The summed E-state index contributed by atoms with van der Waals surface area (Å²) < 4.78 is 28.5. The van der Waals surface area contributed by atoms with E-state index in [2.05, 4.69) is 26.9 Å². The number of nitrogens with zero attached hydrogens (tertiary/aromatic N) is 6. The van der Waals surface area contributed by atoms with Gasteiger partial charge in [-0.05, 0) is 69.4 Å². The van der Waals surface area contributed by atoms with E-state index in [1.54, 1.807) is 36.9 Å². The highest BCUT2D eigenvalue weighted by Crippen LogP contribution is 2.32. The molecule has 0 saturated carbocycles. The van der Waals surface area contributed by atoms with Crippen LogP contribution in [0.5, 0.6) is 0 Å². The van der Waals surface area contributed by atoms with Crippen molar-refractivity contribution in [1.29, 1.82) is 0 Å². The maximum Gasteiger partial charge on any atom is 0.160 e. The highest BCUT2D eigenvalue weighted by Gasteiger charge is 2.17. The van der Waals surface area contributed by atoms with Gasteiger partial charge in [0.2, 0.25) is 0 Å². The maximum atomic E-state index is 14.6. The van der Waals surface area contributed by atoms with Crippen LogP contribution in [0, 0.1) is 11.6 Å². The summed E-state index contributed by atoms with van der Waals surface area (Å²) in [4.78, 5) is 25.0. The van der Waals surface area contributed by atoms with Gasteiger partial charge in [0.1, 0.15) is 11.6 Å². The van der Waals surface area contributed by atoms with Crippen LogP contribution in [0.4, 0.5) is 8.78 Å². The Morgan fingerprint density at radius 2 is 1.89 bits per heavy atom. The Morgan fingerprint density at radius 1 is 1.06 bits per heavy atom. The minimum atomic E-state index is -0.580. The Labute approximate surface area is 207 Å². The molecule has 0 unspecified atom stereocenters. The van der Waals surface area contributed by atoms with Crippen molar-refractivity contribution < 1.29 is 8.78 Å². The number of piperidine rings is 1. The predicted molar refractivity (Wildman–Crippen MR) is 137 cm³/mol. The molecule has 0 bridgehead atoms. The van der Waals surface area contributed by atoms with E-state index in [0.29, 0.717) is 33.6 Å². The van der Waals surface area contributed by atoms with Gasteiger partial charge in [0.05, 0.1) is 35.5 Å². The molecule has 0 spiro atoms. The number of likely N-dealkylation sites (tertiary alicyclic amines) is 1. The van der Waals surface area contributed by atoms with Gasteiger partial charge in [-0.15, -0.1) is 0 Å². The van der Waals surface area contributed by atoms with E-state index >= 15 is 0 Å². The molecule has 3 aromatic heterocycles. The summed E-state index contributed by atoms with van der Waals surface area (Å²) in [6.07, 6.45) is 10.0. The Kier molecular flexibility index (Phi) is 6.73. The van der Waals surface area contributed by atoms with Gasteiger partial charge in [0.15, 0.2) is 5.65 Å². The standard InChI is InChI=1S/C27H25F2N7/c1-36-9-6-19(7-10-36)33-14-17(13-30)25-15-31-16-26(34-25)21-12-24(22-11-18(28)4-5-23(22)29)35-27-20(21)3-2-8-32-27/h2-5,8,11-16,19H,6-7,9-10,30H2,1H3. The molecule has 0 aliphatic carbocycles. The number of hydrogen-bond donors (Lipinski definition) is 1. The number of aliphatic imine (C=N–C) groups is 1. The second-order valence-corrected chi connectivity index (χ2v) is 8.78. The number of rotatable bonds is 5. The van der Waals surface area contributed by atoms with E-state index in [1.165, 1.54) is 6.20 Å². The molecule has 36 heavy (non-hydrogen) atoms. The number of benzene rings is 1. The van der Waals surface area contributed by atoms with Gasteiger partial charge in [0, 0.05) is 40.7 Å². The third-order valence-electron chi connectivity index (χ3n) is 6.29. The topological polar surface area (TPSA) is 93.2 Å². The lowest BCUT2D eigenvalue weighted by atomic mass is 10.0. The number of fused-ring (bicyclic) bond motifs is 1. The van der Waals surface area contributed by atoms with E-state index in [9.17, 15) is 8.78 Å². The van der Waals surface area contributed by atoms with Crippen LogP contribution in [0.25, 0.3) is 39.1 Å². The molecule has 1 aliphatic rings. The van der Waals surface area contributed by atoms with Crippen LogP contribution in [-0.4, -0.2) is 57.2 Å². The number of nitrogens with two attached hydrogens (primary N) is 1. The molecule has 1 aromatic carbocycles. The average molecular weight is 486 g/mol. The highest BCUT2D eigenvalue weighted by atomic mass is 19.1. The number of aromatic nitrogens is 4. The molecule has 2 N–H and O–H groups in total. The minimum Gasteiger partial charge on any atom is -0.404 e. The van der Waals surface area contributed by atoms with E-state index in [1.807, 2.05) is 6.07 Å². The molecular weight excluding hydrogens is 460 g/mol. The van der Waals surface area contributed by atoms with Gasteiger partial charge >= 0.3 is 0 Å². The van der Waals surface area contributed by atoms with Crippen molar-refractivity contribution in [1.82, 2.24) is 24.8 Å². The van der Waals surface area contributed by atoms with Gasteiger partial charge in [-0.1, -0.05) is 0 Å². The lowest BCUT2D eigenvalue weighted by molar-refractivity contribution is 0.257. The maximum absolute atomic E-state index is 14.6. The lowest BCUT2D eigenvalue weighted by Gasteiger charge is -2.26. The molecule has 1 aliphatic heterocycles. The Hall–Kier alpha value is -4.11. The van der Waals surface area contributed by atoms with Gasteiger partial charge in [-0.25, -0.2) is 23.7 Å². The summed E-state index contributed by atoms with van der Waals surface area (Å²) in [5, 5.41) is 0.711. The highest BCUT2D eigenvalue weighted by molar-refractivity contribution is 6.09. The first-order valence-electron chi connectivity index (χ1n) is 11.7. The second-order valence-electron chi connectivity index (χ2n) is 8.78. The van der Waals surface area contributed by atoms with Crippen LogP contribution in [-0.2, 0) is 0 Å². The van der Waals surface area contributed by atoms with Crippen molar-refractivity contribution in [3.63, 3.8) is 0 Å². The third kappa shape index (κ3) is 4.96. The molecule has 7 nitrogen and oxygen atoms in total. The van der Waals surface area contributed by atoms with Crippen LogP contribution in [0.15, 0.2) is 66.2 Å². The first-order valence-corrected chi connectivity index (χ1v) is 11.7. The van der Waals surface area contributed by atoms with E-state index in [0.717, 1.165) is 44.1 Å². The van der Waals surface area contributed by atoms with Crippen molar-refractivity contribution in [3.8, 4) is 22.5 Å². The number of halogens is 2. The van der Waals surface area contributed by atoms with Crippen LogP contribution in [0.2, 0.25) is 0 Å². The smallest absolute Gasteiger partial charge is 0.160 e. The zero-order valence-corrected chi connectivity index (χ0v) is 19.8. The monoisotopic (exact) mass is 485 g/mol. The minimum absolute atomic E-state index is 0.0423. The normalized spacial score (nSPS) is 15.7. The number of allylic oxidation sites excluding steroid dienone is 1. The van der Waals surface area contributed by atoms with Crippen molar-refractivity contribution in [2.24, 2.45) is 10.7 Å². The van der Waals surface area contributed by atoms with Gasteiger partial charge in [0.25, 0.3) is 0 Å². The van der Waals surface area contributed by atoms with Crippen LogP contribution < -0.4 is 5.73 Å². The summed E-state index contributed by atoms with van der Waals surface area (Å²) in [5.41, 5.74) is 8.98. The molecule has 4 heterocycles. The zero-order chi connectivity index (χ0) is 25.1. The van der Waals surface area contributed by atoms with E-state index < -0.39 is 11.6 Å². The molecule has 182 valence electrons. The first kappa shape index (κ1) is 23.6. The molecule has 5 rings (SSSR count). The van der Waals surface area contributed by atoms with Crippen molar-refractivity contribution in [2.75, 3.05) is 20.1 Å². The molecule has 4 aromatic rings. The fraction of sp³-hybridized carbons (Fsp3) is 0.222. The fourth-order valence-electron chi connectivity index (χ4n) is 4.26. The van der Waals surface area contributed by atoms with Gasteiger partial charge in [-0.3, -0.25) is 9.98 Å². The quantitative estimate of drug-likeness (QED) is 0.419. The molecule has 9 heteroatoms. The van der Waals surface area contributed by atoms with Gasteiger partial charge < -0.3 is 10.6 Å². The largest absolute Gasteiger partial charge is 0.404 e. The summed E-state index contributed by atoms with van der Waals surface area (Å²) >= 11 is 0. The predicted octanol–water partition coefficient (Wildman–Crippen LogP) is 4.50. The Balaban J connectivity index is 1.55. The molecule has 1 saturated heterocycles. The zero-order valence-electron chi connectivity index (χ0n) is 19.8. The molecule has 0 atom stereocenters. The molecular formula is C27H25F2N7. The van der Waals surface area contributed by atoms with E-state index in [-0.39, 0.29) is 17.3 Å². The van der Waals surface area contributed by atoms with Crippen molar-refractivity contribution in [2.45, 2.75) is 18.9 Å². The number of pyridine rings is 2. The molecule has 1 fully saturated rings. The number of hydrogen-bond acceptors (Lipinski definition) is 7. The lowest BCUT2D eigenvalue weighted by Crippen LogP contribution is -2.32. The summed E-state index contributed by atoms with van der Waals surface area (Å²) in [7, 11) is 2.11. The fourth-order valence-corrected chi connectivity index (χ4v) is 4.26. The van der Waals surface area contributed by atoms with Gasteiger partial charge in [-0.2, -0.15) is 0 Å². The van der Waals surface area contributed by atoms with E-state index in [4.69, 9.17) is 15.7 Å². The Morgan fingerprint density at radius 3 is 2.69 bits per heavy atom. The van der Waals surface area contributed by atoms with Crippen molar-refractivity contribution >= 4 is 22.8 Å². The SMILES string of the molecule is CN1CCC(N=CC(=CN)c2cncc(-c3cc(-c4cc(F)ccc4F)nc4ncccc34)n2)CC1. The third-order valence-corrected chi connectivity index (χ3v) is 6.29. The van der Waals surface area contributed by atoms with Crippen LogP contribution in [0.1, 0.15) is 18.5 Å². The van der Waals surface area contributed by atoms with Crippen molar-refractivity contribution in [3.05, 3.63) is 78.5 Å². The Bertz CT molecular complexity index is 1460. The summed E-state index contributed by atoms with van der Waals surface area (Å²) in [6, 6.07) is 8.82. The molecule has 0 radical (unpaired) electrons. The summed E-state index contributed by atoms with van der Waals surface area (Å²) in [5.74, 6) is -1.14. The van der Waals surface area contributed by atoms with Crippen LogP contribution >= 0.6 is 0 Å². The average Bonchev–Trinajstić information content (AvgIpc) is 2.91. The first-order chi connectivity index (χ1) is 17.5. The second kappa shape index (κ2) is 10.2.